The van der Waals surface area contributed by atoms with Crippen LogP contribution in [0.15, 0.2) is 24.3 Å². The summed E-state index contributed by atoms with van der Waals surface area (Å²) in [6.45, 7) is 1.53. The van der Waals surface area contributed by atoms with Crippen molar-refractivity contribution in [3.8, 4) is 0 Å². The molecule has 1 aromatic carbocycles. The third-order valence-corrected chi connectivity index (χ3v) is 5.39. The molecule has 0 aromatic heterocycles. The second kappa shape index (κ2) is 10.1. The Morgan fingerprint density at radius 3 is 2.43 bits per heavy atom. The number of rotatable bonds is 7. The lowest BCUT2D eigenvalue weighted by Gasteiger charge is -2.22. The van der Waals surface area contributed by atoms with Crippen LogP contribution in [0.1, 0.15) is 56.9 Å². The third-order valence-electron chi connectivity index (χ3n) is 5.39. The van der Waals surface area contributed by atoms with Crippen LogP contribution in [0.4, 0.5) is 10.5 Å². The fraction of sp³-hybridized carbons (Fsp3) is 0.571. The van der Waals surface area contributed by atoms with E-state index in [2.05, 4.69) is 16.0 Å². The van der Waals surface area contributed by atoms with Gasteiger partial charge in [-0.1, -0.05) is 31.4 Å². The van der Waals surface area contributed by atoms with Gasteiger partial charge in [0.1, 0.15) is 0 Å². The van der Waals surface area contributed by atoms with Crippen LogP contribution in [0.5, 0.6) is 0 Å². The number of benzene rings is 1. The Bertz CT molecular complexity index is 683. The predicted octanol–water partition coefficient (Wildman–Crippen LogP) is 2.45. The number of carbonyl (C=O) groups is 3. The zero-order valence-corrected chi connectivity index (χ0v) is 16.3. The van der Waals surface area contributed by atoms with Gasteiger partial charge < -0.3 is 20.9 Å². The van der Waals surface area contributed by atoms with E-state index in [4.69, 9.17) is 0 Å². The van der Waals surface area contributed by atoms with Crippen molar-refractivity contribution in [2.24, 2.45) is 0 Å². The molecule has 7 nitrogen and oxygen atoms in total. The van der Waals surface area contributed by atoms with Crippen molar-refractivity contribution < 1.29 is 14.4 Å². The number of carbonyl (C=O) groups excluding carboxylic acids is 3. The van der Waals surface area contributed by atoms with E-state index in [0.29, 0.717) is 19.5 Å². The minimum Gasteiger partial charge on any atom is -0.352 e. The Labute approximate surface area is 166 Å². The number of hydrogen-bond acceptors (Lipinski definition) is 3. The fourth-order valence-electron chi connectivity index (χ4n) is 3.78. The minimum absolute atomic E-state index is 0.100. The van der Waals surface area contributed by atoms with Crippen LogP contribution in [0.2, 0.25) is 0 Å². The van der Waals surface area contributed by atoms with E-state index in [9.17, 15) is 14.4 Å². The zero-order chi connectivity index (χ0) is 19.8. The highest BCUT2D eigenvalue weighted by Crippen LogP contribution is 2.21. The van der Waals surface area contributed by atoms with Crippen LogP contribution in [-0.4, -0.2) is 37.0 Å². The van der Waals surface area contributed by atoms with Gasteiger partial charge in [0.2, 0.25) is 11.8 Å². The van der Waals surface area contributed by atoms with Gasteiger partial charge in [-0.15, -0.1) is 0 Å². The van der Waals surface area contributed by atoms with Gasteiger partial charge in [0.25, 0.3) is 0 Å². The molecule has 1 aromatic rings. The molecular formula is C21H30N4O3. The van der Waals surface area contributed by atoms with Crippen molar-refractivity contribution in [3.05, 3.63) is 29.8 Å². The second-order valence-corrected chi connectivity index (χ2v) is 7.58. The summed E-state index contributed by atoms with van der Waals surface area (Å²) in [6, 6.07) is 7.77. The SMILES string of the molecule is O=C(CCNC(=O)NC1CCCCC1)NCc1ccc(N2CCCC2=O)cc1. The first kappa shape index (κ1) is 20.2. The first-order valence-corrected chi connectivity index (χ1v) is 10.3. The average Bonchev–Trinajstić information content (AvgIpc) is 3.13. The molecule has 4 amide bonds. The molecule has 1 saturated heterocycles. The van der Waals surface area contributed by atoms with Crippen molar-refractivity contribution in [3.63, 3.8) is 0 Å². The summed E-state index contributed by atoms with van der Waals surface area (Å²) in [5.74, 6) is 0.0674. The highest BCUT2D eigenvalue weighted by atomic mass is 16.2. The van der Waals surface area contributed by atoms with Crippen LogP contribution in [0, 0.1) is 0 Å². The number of urea groups is 1. The first-order valence-electron chi connectivity index (χ1n) is 10.3. The van der Waals surface area contributed by atoms with Gasteiger partial charge in [-0.3, -0.25) is 9.59 Å². The third kappa shape index (κ3) is 5.97. The quantitative estimate of drug-likeness (QED) is 0.672. The highest BCUT2D eigenvalue weighted by molar-refractivity contribution is 5.95. The smallest absolute Gasteiger partial charge is 0.315 e. The molecule has 1 saturated carbocycles. The van der Waals surface area contributed by atoms with Gasteiger partial charge in [0, 0.05) is 44.2 Å². The maximum atomic E-state index is 12.0. The monoisotopic (exact) mass is 386 g/mol. The standard InChI is InChI=1S/C21H30N4O3/c26-19(12-13-22-21(28)24-17-5-2-1-3-6-17)23-15-16-8-10-18(11-9-16)25-14-4-7-20(25)27/h8-11,17H,1-7,12-15H2,(H,23,26)(H2,22,24,28). The van der Waals surface area contributed by atoms with E-state index in [-0.39, 0.29) is 30.3 Å². The summed E-state index contributed by atoms with van der Waals surface area (Å²) < 4.78 is 0. The molecule has 3 N–H and O–H groups in total. The molecule has 0 unspecified atom stereocenters. The zero-order valence-electron chi connectivity index (χ0n) is 16.3. The number of nitrogens with one attached hydrogen (secondary N) is 3. The Morgan fingerprint density at radius 1 is 1.00 bits per heavy atom. The van der Waals surface area contributed by atoms with E-state index < -0.39 is 0 Å². The molecule has 3 rings (SSSR count). The van der Waals surface area contributed by atoms with Crippen molar-refractivity contribution in [1.29, 1.82) is 0 Å². The van der Waals surface area contributed by atoms with Crippen molar-refractivity contribution in [2.45, 2.75) is 64.0 Å². The Hall–Kier alpha value is -2.57. The molecule has 0 radical (unpaired) electrons. The molecule has 0 spiro atoms. The normalized spacial score (nSPS) is 17.4. The lowest BCUT2D eigenvalue weighted by molar-refractivity contribution is -0.121. The van der Waals surface area contributed by atoms with E-state index >= 15 is 0 Å². The van der Waals surface area contributed by atoms with Crippen LogP contribution >= 0.6 is 0 Å². The molecular weight excluding hydrogens is 356 g/mol. The van der Waals surface area contributed by atoms with Crippen LogP contribution < -0.4 is 20.9 Å². The van der Waals surface area contributed by atoms with E-state index in [0.717, 1.165) is 37.1 Å². The summed E-state index contributed by atoms with van der Waals surface area (Å²) in [5.41, 5.74) is 1.89. The number of amides is 4. The topological polar surface area (TPSA) is 90.5 Å². The summed E-state index contributed by atoms with van der Waals surface area (Å²) >= 11 is 0. The molecule has 1 aliphatic carbocycles. The lowest BCUT2D eigenvalue weighted by Crippen LogP contribution is -2.43. The summed E-state index contributed by atoms with van der Waals surface area (Å²) in [7, 11) is 0. The fourth-order valence-corrected chi connectivity index (χ4v) is 3.78. The number of hydrogen-bond donors (Lipinski definition) is 3. The Balaban J connectivity index is 1.31. The van der Waals surface area contributed by atoms with Gasteiger partial charge in [0.15, 0.2) is 0 Å². The Kier molecular flexibility index (Phi) is 7.28. The summed E-state index contributed by atoms with van der Waals surface area (Å²) in [6.07, 6.45) is 7.44. The van der Waals surface area contributed by atoms with E-state index in [1.54, 1.807) is 4.90 Å². The summed E-state index contributed by atoms with van der Waals surface area (Å²) in [5, 5.41) is 8.59. The number of anilines is 1. The molecule has 7 heteroatoms. The molecule has 0 atom stereocenters. The molecule has 152 valence electrons. The van der Waals surface area contributed by atoms with Gasteiger partial charge in [0.05, 0.1) is 0 Å². The largest absolute Gasteiger partial charge is 0.352 e. The molecule has 1 aliphatic heterocycles. The minimum atomic E-state index is -0.188. The average molecular weight is 386 g/mol. The van der Waals surface area contributed by atoms with E-state index in [1.807, 2.05) is 24.3 Å². The maximum absolute atomic E-state index is 12.0. The van der Waals surface area contributed by atoms with Gasteiger partial charge in [-0.25, -0.2) is 4.79 Å². The van der Waals surface area contributed by atoms with Gasteiger partial charge >= 0.3 is 6.03 Å². The van der Waals surface area contributed by atoms with Gasteiger partial charge in [-0.2, -0.15) is 0 Å². The van der Waals surface area contributed by atoms with Gasteiger partial charge in [-0.05, 0) is 37.0 Å². The van der Waals surface area contributed by atoms with Crippen molar-refractivity contribution in [1.82, 2.24) is 16.0 Å². The first-order chi connectivity index (χ1) is 13.6. The van der Waals surface area contributed by atoms with Crippen LogP contribution in [0.3, 0.4) is 0 Å². The maximum Gasteiger partial charge on any atom is 0.315 e. The van der Waals surface area contributed by atoms with Crippen LogP contribution in [-0.2, 0) is 16.1 Å². The molecule has 28 heavy (non-hydrogen) atoms. The predicted molar refractivity (Wildman–Crippen MR) is 108 cm³/mol. The molecule has 1 heterocycles. The van der Waals surface area contributed by atoms with Crippen molar-refractivity contribution in [2.75, 3.05) is 18.0 Å². The number of nitrogens with zero attached hydrogens (tertiary/aromatic N) is 1. The second-order valence-electron chi connectivity index (χ2n) is 7.58. The van der Waals surface area contributed by atoms with E-state index in [1.165, 1.54) is 19.3 Å². The van der Waals surface area contributed by atoms with Crippen LogP contribution in [0.25, 0.3) is 0 Å². The lowest BCUT2D eigenvalue weighted by atomic mass is 9.96. The highest BCUT2D eigenvalue weighted by Gasteiger charge is 2.21. The molecule has 2 fully saturated rings. The summed E-state index contributed by atoms with van der Waals surface area (Å²) in [4.78, 5) is 37.4. The molecule has 2 aliphatic rings. The van der Waals surface area contributed by atoms with Crippen molar-refractivity contribution >= 4 is 23.5 Å². The Morgan fingerprint density at radius 2 is 1.75 bits per heavy atom. The molecule has 0 bridgehead atoms.